The lowest BCUT2D eigenvalue weighted by Crippen LogP contribution is -1.71. The highest BCUT2D eigenvalue weighted by atomic mass is 35.5. The third-order valence-electron chi connectivity index (χ3n) is 0.736. The number of halogens is 3. The molecule has 1 aromatic rings. The molecule has 1 heterocycles. The van der Waals surface area contributed by atoms with Crippen LogP contribution in [0.3, 0.4) is 0 Å². The number of nitrogens with zero attached hydrogens (tertiary/aromatic N) is 1. The molecule has 0 N–H and O–H groups in total. The molecule has 0 radical (unpaired) electrons. The first kappa shape index (κ1) is 6.27. The van der Waals surface area contributed by atoms with Crippen LogP contribution >= 0.6 is 35.0 Å². The highest BCUT2D eigenvalue weighted by Crippen LogP contribution is 2.22. The molecule has 0 spiro atoms. The Labute approximate surface area is 61.9 Å². The van der Waals surface area contributed by atoms with Crippen molar-refractivity contribution in [2.75, 3.05) is 0 Å². The van der Waals surface area contributed by atoms with Gasteiger partial charge in [-0.05, 0) is 6.07 Å². The van der Waals surface area contributed by atoms with Gasteiger partial charge in [0.2, 0.25) is 0 Å². The maximum Gasteiger partial charge on any atom is 0.142 e. The first-order chi connectivity index (χ1) is 3.72. The minimum absolute atomic E-state index is 0.355. The zero-order valence-electron chi connectivity index (χ0n) is 3.74. The van der Waals surface area contributed by atoms with Crippen molar-refractivity contribution in [2.45, 2.75) is 0 Å². The van der Waals surface area contributed by atoms with E-state index in [9.17, 15) is 0 Å². The zero-order valence-corrected chi connectivity index (χ0v) is 6.00. The summed E-state index contributed by atoms with van der Waals surface area (Å²) in [6.45, 7) is 0. The van der Waals surface area contributed by atoms with Gasteiger partial charge in [0.15, 0.2) is 0 Å². The molecule has 0 aliphatic heterocycles. The SMILES string of the molecule is Clc1ccn(Cl)c1Cl. The quantitative estimate of drug-likeness (QED) is 0.564. The molecule has 0 aromatic carbocycles. The fraction of sp³-hybridized carbons (Fsp3) is 0. The molecular weight excluding hydrogens is 168 g/mol. The monoisotopic (exact) mass is 169 g/mol. The van der Waals surface area contributed by atoms with Gasteiger partial charge in [-0.15, -0.1) is 0 Å². The van der Waals surface area contributed by atoms with E-state index in [1.165, 1.54) is 4.09 Å². The van der Waals surface area contributed by atoms with E-state index in [0.717, 1.165) is 0 Å². The molecule has 1 aromatic heterocycles. The number of rotatable bonds is 0. The minimum Gasteiger partial charge on any atom is -0.248 e. The molecule has 0 aliphatic carbocycles. The van der Waals surface area contributed by atoms with Crippen molar-refractivity contribution in [3.8, 4) is 0 Å². The first-order valence-electron chi connectivity index (χ1n) is 1.90. The van der Waals surface area contributed by atoms with E-state index in [1.54, 1.807) is 12.3 Å². The maximum absolute atomic E-state index is 5.49. The van der Waals surface area contributed by atoms with E-state index in [2.05, 4.69) is 0 Å². The van der Waals surface area contributed by atoms with E-state index in [0.29, 0.717) is 10.2 Å². The summed E-state index contributed by atoms with van der Waals surface area (Å²) in [4.78, 5) is 0. The Morgan fingerprint density at radius 3 is 2.12 bits per heavy atom. The number of hydrogen-bond acceptors (Lipinski definition) is 0. The van der Waals surface area contributed by atoms with Gasteiger partial charge >= 0.3 is 0 Å². The Bertz CT molecular complexity index is 174. The van der Waals surface area contributed by atoms with Gasteiger partial charge in [-0.3, -0.25) is 0 Å². The lowest BCUT2D eigenvalue weighted by molar-refractivity contribution is 1.27. The smallest absolute Gasteiger partial charge is 0.142 e. The van der Waals surface area contributed by atoms with Crippen molar-refractivity contribution >= 4 is 35.0 Å². The molecule has 4 heteroatoms. The second kappa shape index (κ2) is 2.18. The molecule has 0 saturated carbocycles. The van der Waals surface area contributed by atoms with Gasteiger partial charge in [0, 0.05) is 18.0 Å². The van der Waals surface area contributed by atoms with Crippen molar-refractivity contribution < 1.29 is 0 Å². The summed E-state index contributed by atoms with van der Waals surface area (Å²) in [6, 6.07) is 1.62. The number of aromatic nitrogens is 1. The van der Waals surface area contributed by atoms with Crippen molar-refractivity contribution in [1.29, 1.82) is 0 Å². The molecule has 1 rings (SSSR count). The van der Waals surface area contributed by atoms with E-state index in [-0.39, 0.29) is 0 Å². The Kier molecular flexibility index (Phi) is 1.71. The summed E-state index contributed by atoms with van der Waals surface area (Å²) in [6.07, 6.45) is 1.58. The summed E-state index contributed by atoms with van der Waals surface area (Å²) in [7, 11) is 0. The molecule has 8 heavy (non-hydrogen) atoms. The van der Waals surface area contributed by atoms with E-state index in [1.807, 2.05) is 0 Å². The largest absolute Gasteiger partial charge is 0.248 e. The molecule has 0 atom stereocenters. The summed E-state index contributed by atoms with van der Waals surface area (Å²) < 4.78 is 1.23. The third kappa shape index (κ3) is 0.943. The Morgan fingerprint density at radius 2 is 2.00 bits per heavy atom. The van der Waals surface area contributed by atoms with Crippen LogP contribution in [0.5, 0.6) is 0 Å². The summed E-state index contributed by atoms with van der Waals surface area (Å²) in [5, 5.41) is 0.829. The molecule has 0 fully saturated rings. The van der Waals surface area contributed by atoms with Crippen LogP contribution in [0.25, 0.3) is 0 Å². The molecule has 0 amide bonds. The predicted octanol–water partition coefficient (Wildman–Crippen LogP) is 2.80. The molecule has 44 valence electrons. The van der Waals surface area contributed by atoms with Crippen LogP contribution in [-0.2, 0) is 0 Å². The Hall–Kier alpha value is 0.150. The van der Waals surface area contributed by atoms with Gasteiger partial charge in [0.25, 0.3) is 0 Å². The van der Waals surface area contributed by atoms with Gasteiger partial charge in [-0.1, -0.05) is 23.2 Å². The van der Waals surface area contributed by atoms with E-state index < -0.39 is 0 Å². The van der Waals surface area contributed by atoms with Crippen LogP contribution in [0.15, 0.2) is 12.3 Å². The predicted molar refractivity (Wildman–Crippen MR) is 35.7 cm³/mol. The van der Waals surface area contributed by atoms with Gasteiger partial charge in [-0.2, -0.15) is 0 Å². The lowest BCUT2D eigenvalue weighted by atomic mass is 10.7. The topological polar surface area (TPSA) is 4.93 Å². The van der Waals surface area contributed by atoms with Crippen molar-refractivity contribution in [2.24, 2.45) is 0 Å². The molecule has 1 nitrogen and oxygen atoms in total. The van der Waals surface area contributed by atoms with Crippen molar-refractivity contribution in [3.63, 3.8) is 0 Å². The number of hydrogen-bond donors (Lipinski definition) is 0. The Balaban J connectivity index is 3.19. The van der Waals surface area contributed by atoms with Gasteiger partial charge in [0.1, 0.15) is 5.15 Å². The molecule has 0 aliphatic rings. The standard InChI is InChI=1S/C4H2Cl3N/c5-3-1-2-8(7)4(3)6/h1-2H. The first-order valence-corrected chi connectivity index (χ1v) is 2.99. The van der Waals surface area contributed by atoms with Crippen LogP contribution in [0.1, 0.15) is 0 Å². The molecule has 0 bridgehead atoms. The summed E-state index contributed by atoms with van der Waals surface area (Å²) in [5.41, 5.74) is 0. The van der Waals surface area contributed by atoms with E-state index in [4.69, 9.17) is 35.0 Å². The van der Waals surface area contributed by atoms with Crippen LogP contribution in [-0.4, -0.2) is 4.09 Å². The highest BCUT2D eigenvalue weighted by molar-refractivity contribution is 6.43. The molecule has 0 unspecified atom stereocenters. The summed E-state index contributed by atoms with van der Waals surface area (Å²) in [5.74, 6) is 0. The van der Waals surface area contributed by atoms with E-state index >= 15 is 0 Å². The molecule has 0 saturated heterocycles. The normalized spacial score (nSPS) is 9.88. The average molecular weight is 170 g/mol. The van der Waals surface area contributed by atoms with Crippen molar-refractivity contribution in [3.05, 3.63) is 22.4 Å². The second-order valence-corrected chi connectivity index (χ2v) is 2.40. The van der Waals surface area contributed by atoms with Crippen LogP contribution in [0.2, 0.25) is 10.2 Å². The maximum atomic E-state index is 5.49. The highest BCUT2D eigenvalue weighted by Gasteiger charge is 1.99. The fourth-order valence-corrected chi connectivity index (χ4v) is 0.825. The van der Waals surface area contributed by atoms with Gasteiger partial charge in [-0.25, -0.2) is 4.09 Å². The van der Waals surface area contributed by atoms with Gasteiger partial charge in [0.05, 0.1) is 5.02 Å². The average Bonchev–Trinajstić information content (AvgIpc) is 1.98. The van der Waals surface area contributed by atoms with Crippen LogP contribution in [0.4, 0.5) is 0 Å². The van der Waals surface area contributed by atoms with Crippen LogP contribution in [0, 0.1) is 0 Å². The van der Waals surface area contributed by atoms with Crippen LogP contribution < -0.4 is 0 Å². The lowest BCUT2D eigenvalue weighted by Gasteiger charge is -1.85. The van der Waals surface area contributed by atoms with Gasteiger partial charge < -0.3 is 0 Å². The molecular formula is C4H2Cl3N. The second-order valence-electron chi connectivity index (χ2n) is 1.27. The minimum atomic E-state index is 0.355. The zero-order chi connectivity index (χ0) is 6.15. The third-order valence-corrected chi connectivity index (χ3v) is 1.89. The summed E-state index contributed by atoms with van der Waals surface area (Å²) >= 11 is 16.4. The van der Waals surface area contributed by atoms with Crippen molar-refractivity contribution in [1.82, 2.24) is 4.09 Å². The fourth-order valence-electron chi connectivity index (χ4n) is 0.367. The Morgan fingerprint density at radius 1 is 1.38 bits per heavy atom.